The maximum atomic E-state index is 6.04. The van der Waals surface area contributed by atoms with Gasteiger partial charge in [-0.2, -0.15) is 0 Å². The predicted molar refractivity (Wildman–Crippen MR) is 159 cm³/mol. The number of rotatable bonds is 16. The third-order valence-electron chi connectivity index (χ3n) is 7.23. The summed E-state index contributed by atoms with van der Waals surface area (Å²) in [5.74, 6) is 3.40. The van der Waals surface area contributed by atoms with E-state index in [1.54, 1.807) is 0 Å². The van der Waals surface area contributed by atoms with Gasteiger partial charge < -0.3 is 33.2 Å². The van der Waals surface area contributed by atoms with Crippen molar-refractivity contribution in [2.24, 2.45) is 0 Å². The second-order valence-corrected chi connectivity index (χ2v) is 10.9. The Morgan fingerprint density at radius 1 is 0.561 bits per heavy atom. The molecular formula is C34H38O7. The van der Waals surface area contributed by atoms with E-state index in [9.17, 15) is 0 Å². The molecule has 0 aromatic heterocycles. The molecule has 2 aliphatic rings. The zero-order chi connectivity index (χ0) is 28.0. The maximum Gasteiger partial charge on any atom is 0.120 e. The normalized spacial score (nSPS) is 19.1. The van der Waals surface area contributed by atoms with Gasteiger partial charge in [0.05, 0.1) is 50.8 Å². The molecule has 0 N–H and O–H groups in total. The Labute approximate surface area is 241 Å². The molecule has 2 saturated heterocycles. The third kappa shape index (κ3) is 8.26. The molecule has 4 atom stereocenters. The summed E-state index contributed by atoms with van der Waals surface area (Å²) in [7, 11) is 0. The second kappa shape index (κ2) is 13.0. The van der Waals surface area contributed by atoms with Crippen molar-refractivity contribution in [3.05, 3.63) is 72.8 Å². The zero-order valence-corrected chi connectivity index (χ0v) is 23.8. The molecule has 4 aromatic rings. The lowest BCUT2D eigenvalue weighted by Gasteiger charge is -2.14. The van der Waals surface area contributed by atoms with Crippen molar-refractivity contribution < 1.29 is 33.2 Å². The molecule has 7 nitrogen and oxygen atoms in total. The van der Waals surface area contributed by atoms with Gasteiger partial charge in [0.1, 0.15) is 36.2 Å². The van der Waals surface area contributed by atoms with Gasteiger partial charge >= 0.3 is 0 Å². The summed E-state index contributed by atoms with van der Waals surface area (Å²) in [6.45, 7) is 7.80. The van der Waals surface area contributed by atoms with Gasteiger partial charge in [0.25, 0.3) is 0 Å². The fourth-order valence-electron chi connectivity index (χ4n) is 4.98. The van der Waals surface area contributed by atoms with E-state index >= 15 is 0 Å². The Kier molecular flexibility index (Phi) is 8.75. The number of epoxide rings is 2. The standard InChI is InChI=1S/C34H38O7/c1-23(15-33-21-38-33)40-31-9-5-25-17-29(7-3-27(25)19-31)36-13-11-35-12-14-37-30-8-4-28-20-32(10-6-26(28)18-30)41-24(2)16-34-22-39-34/h3-10,17-20,23-24,33-34H,11-16,21-22H2,1-2H3. The molecule has 6 rings (SSSR count). The van der Waals surface area contributed by atoms with Crippen LogP contribution in [0.15, 0.2) is 72.8 Å². The van der Waals surface area contributed by atoms with Crippen LogP contribution in [-0.2, 0) is 14.2 Å². The minimum atomic E-state index is 0.135. The van der Waals surface area contributed by atoms with E-state index in [0.29, 0.717) is 38.6 Å². The van der Waals surface area contributed by atoms with Gasteiger partial charge in [-0.25, -0.2) is 0 Å². The first kappa shape index (κ1) is 27.6. The maximum absolute atomic E-state index is 6.04. The molecule has 0 amide bonds. The van der Waals surface area contributed by atoms with Crippen LogP contribution in [0.5, 0.6) is 23.0 Å². The van der Waals surface area contributed by atoms with E-state index in [4.69, 9.17) is 33.2 Å². The largest absolute Gasteiger partial charge is 0.491 e. The highest BCUT2D eigenvalue weighted by Gasteiger charge is 2.26. The van der Waals surface area contributed by atoms with Crippen LogP contribution < -0.4 is 18.9 Å². The van der Waals surface area contributed by atoms with Gasteiger partial charge in [-0.15, -0.1) is 0 Å². The summed E-state index contributed by atoms with van der Waals surface area (Å²) in [5.41, 5.74) is 0. The summed E-state index contributed by atoms with van der Waals surface area (Å²) < 4.78 is 40.2. The molecule has 4 aromatic carbocycles. The van der Waals surface area contributed by atoms with Crippen LogP contribution in [0.4, 0.5) is 0 Å². The Morgan fingerprint density at radius 3 is 1.32 bits per heavy atom. The lowest BCUT2D eigenvalue weighted by molar-refractivity contribution is 0.0765. The predicted octanol–water partition coefficient (Wildman–Crippen LogP) is 6.58. The van der Waals surface area contributed by atoms with E-state index in [-0.39, 0.29) is 12.2 Å². The van der Waals surface area contributed by atoms with Gasteiger partial charge in [0.15, 0.2) is 0 Å². The van der Waals surface area contributed by atoms with Gasteiger partial charge in [0.2, 0.25) is 0 Å². The number of hydrogen-bond donors (Lipinski definition) is 0. The second-order valence-electron chi connectivity index (χ2n) is 10.9. The molecule has 41 heavy (non-hydrogen) atoms. The van der Waals surface area contributed by atoms with E-state index in [0.717, 1.165) is 70.6 Å². The smallest absolute Gasteiger partial charge is 0.120 e. The van der Waals surface area contributed by atoms with Crippen LogP contribution in [0.1, 0.15) is 26.7 Å². The average molecular weight is 559 g/mol. The molecule has 2 fully saturated rings. The van der Waals surface area contributed by atoms with Crippen molar-refractivity contribution in [3.8, 4) is 23.0 Å². The lowest BCUT2D eigenvalue weighted by atomic mass is 10.1. The Bertz CT molecular complexity index is 1340. The van der Waals surface area contributed by atoms with Crippen LogP contribution in [0.25, 0.3) is 21.5 Å². The summed E-state index contributed by atoms with van der Waals surface area (Å²) in [6.07, 6.45) is 2.85. The molecular weight excluding hydrogens is 520 g/mol. The molecule has 2 heterocycles. The van der Waals surface area contributed by atoms with Crippen molar-refractivity contribution in [2.75, 3.05) is 39.6 Å². The molecule has 4 unspecified atom stereocenters. The van der Waals surface area contributed by atoms with E-state index in [2.05, 4.69) is 50.2 Å². The first-order valence-electron chi connectivity index (χ1n) is 14.5. The number of ether oxygens (including phenoxy) is 7. The Hall–Kier alpha value is -3.52. The molecule has 7 heteroatoms. The summed E-state index contributed by atoms with van der Waals surface area (Å²) >= 11 is 0. The molecule has 0 radical (unpaired) electrons. The molecule has 0 bridgehead atoms. The number of hydrogen-bond acceptors (Lipinski definition) is 7. The van der Waals surface area contributed by atoms with Gasteiger partial charge in [-0.05, 0) is 83.9 Å². The fourth-order valence-corrected chi connectivity index (χ4v) is 4.98. The minimum Gasteiger partial charge on any atom is -0.491 e. The first-order valence-corrected chi connectivity index (χ1v) is 14.5. The van der Waals surface area contributed by atoms with Crippen molar-refractivity contribution in [1.82, 2.24) is 0 Å². The summed E-state index contributed by atoms with van der Waals surface area (Å²) in [5, 5.41) is 4.46. The highest BCUT2D eigenvalue weighted by Crippen LogP contribution is 2.28. The van der Waals surface area contributed by atoms with Crippen LogP contribution in [0, 0.1) is 0 Å². The SMILES string of the molecule is CC(CC1CO1)Oc1ccc2cc(OCCOCCOc3ccc4cc(OC(C)CC5CO5)ccc4c3)ccc2c1. The Morgan fingerprint density at radius 2 is 0.927 bits per heavy atom. The van der Waals surface area contributed by atoms with Crippen molar-refractivity contribution >= 4 is 21.5 Å². The van der Waals surface area contributed by atoms with Crippen LogP contribution >= 0.6 is 0 Å². The topological polar surface area (TPSA) is 71.2 Å². The number of fused-ring (bicyclic) bond motifs is 2. The highest BCUT2D eigenvalue weighted by molar-refractivity contribution is 5.86. The lowest BCUT2D eigenvalue weighted by Crippen LogP contribution is -2.14. The number of benzene rings is 4. The van der Waals surface area contributed by atoms with Gasteiger partial charge in [-0.1, -0.05) is 24.3 Å². The van der Waals surface area contributed by atoms with Crippen molar-refractivity contribution in [3.63, 3.8) is 0 Å². The van der Waals surface area contributed by atoms with E-state index in [1.807, 2.05) is 36.4 Å². The third-order valence-corrected chi connectivity index (χ3v) is 7.23. The molecule has 0 aliphatic carbocycles. The van der Waals surface area contributed by atoms with Crippen LogP contribution in [-0.4, -0.2) is 64.1 Å². The molecule has 216 valence electrons. The fraction of sp³-hybridized carbons (Fsp3) is 0.412. The van der Waals surface area contributed by atoms with Crippen LogP contribution in [0.2, 0.25) is 0 Å². The van der Waals surface area contributed by atoms with Crippen molar-refractivity contribution in [2.45, 2.75) is 51.1 Å². The monoisotopic (exact) mass is 558 g/mol. The minimum absolute atomic E-state index is 0.135. The van der Waals surface area contributed by atoms with Gasteiger partial charge in [-0.3, -0.25) is 0 Å². The Balaban J connectivity index is 0.888. The molecule has 0 spiro atoms. The van der Waals surface area contributed by atoms with Crippen molar-refractivity contribution in [1.29, 1.82) is 0 Å². The quantitative estimate of drug-likeness (QED) is 0.114. The summed E-state index contributed by atoms with van der Waals surface area (Å²) in [4.78, 5) is 0. The summed E-state index contributed by atoms with van der Waals surface area (Å²) in [6, 6.07) is 24.5. The molecule has 0 saturated carbocycles. The van der Waals surface area contributed by atoms with E-state index in [1.165, 1.54) is 0 Å². The van der Waals surface area contributed by atoms with E-state index < -0.39 is 0 Å². The first-order chi connectivity index (χ1) is 20.1. The highest BCUT2D eigenvalue weighted by atomic mass is 16.6. The average Bonchev–Trinajstić information content (AvgIpc) is 3.90. The molecule has 2 aliphatic heterocycles. The van der Waals surface area contributed by atoms with Gasteiger partial charge in [0, 0.05) is 12.8 Å². The van der Waals surface area contributed by atoms with Crippen LogP contribution in [0.3, 0.4) is 0 Å². The zero-order valence-electron chi connectivity index (χ0n) is 23.8.